The van der Waals surface area contributed by atoms with Gasteiger partial charge in [0.1, 0.15) is 11.1 Å². The topological polar surface area (TPSA) is 105 Å². The zero-order valence-corrected chi connectivity index (χ0v) is 15.7. The summed E-state index contributed by atoms with van der Waals surface area (Å²) >= 11 is 0. The van der Waals surface area contributed by atoms with Gasteiger partial charge >= 0.3 is 11.3 Å². The van der Waals surface area contributed by atoms with Gasteiger partial charge in [-0.05, 0) is 48.9 Å². The second-order valence-corrected chi connectivity index (χ2v) is 7.15. The van der Waals surface area contributed by atoms with Crippen LogP contribution in [0.4, 0.5) is 0 Å². The van der Waals surface area contributed by atoms with Crippen LogP contribution in [0.5, 0.6) is 5.75 Å². The van der Waals surface area contributed by atoms with Gasteiger partial charge in [0.2, 0.25) is 5.71 Å². The van der Waals surface area contributed by atoms with E-state index < -0.39 is 16.9 Å². The second kappa shape index (κ2) is 7.50. The molecule has 0 amide bonds. The maximum absolute atomic E-state index is 12.8. The summed E-state index contributed by atoms with van der Waals surface area (Å²) < 4.78 is 10.8. The van der Waals surface area contributed by atoms with Gasteiger partial charge in [0.25, 0.3) is 5.56 Å². The summed E-state index contributed by atoms with van der Waals surface area (Å²) in [6.07, 6.45) is 5.03. The van der Waals surface area contributed by atoms with Gasteiger partial charge in [0, 0.05) is 0 Å². The zero-order valence-electron chi connectivity index (χ0n) is 15.7. The fraction of sp³-hybridized carbons (Fsp3) is 0.381. The number of fused-ring (bicyclic) bond motifs is 1. The van der Waals surface area contributed by atoms with E-state index in [2.05, 4.69) is 9.97 Å². The molecule has 0 saturated heterocycles. The Balaban J connectivity index is 1.90. The molecule has 4 rings (SSSR count). The molecule has 0 aliphatic heterocycles. The number of ether oxygens (including phenoxy) is 1. The highest BCUT2D eigenvalue weighted by Gasteiger charge is 2.23. The fourth-order valence-electron chi connectivity index (χ4n) is 3.76. The van der Waals surface area contributed by atoms with E-state index >= 15 is 0 Å². The minimum atomic E-state index is -0.695. The van der Waals surface area contributed by atoms with Gasteiger partial charge < -0.3 is 9.15 Å². The lowest BCUT2D eigenvalue weighted by molar-refractivity contribution is 0.296. The molecule has 1 fully saturated rings. The molecule has 0 bridgehead atoms. The van der Waals surface area contributed by atoms with Crippen LogP contribution >= 0.6 is 0 Å². The Morgan fingerprint density at radius 1 is 1.11 bits per heavy atom. The normalized spacial score (nSPS) is 14.2. The Kier molecular flexibility index (Phi) is 4.90. The first-order chi connectivity index (χ1) is 13.6. The fourth-order valence-corrected chi connectivity index (χ4v) is 3.76. The number of aromatic amines is 2. The SMILES string of the molecule is CCOc1ccc(-c2c(CCC3CCC3)c3c(=O)[nH]c(=O)[nH]c3oc2=O)cc1. The predicted molar refractivity (Wildman–Crippen MR) is 106 cm³/mol. The van der Waals surface area contributed by atoms with Crippen molar-refractivity contribution in [2.24, 2.45) is 5.92 Å². The molecule has 1 saturated carbocycles. The Labute approximate surface area is 160 Å². The highest BCUT2D eigenvalue weighted by molar-refractivity contribution is 5.84. The Hall–Kier alpha value is -3.09. The van der Waals surface area contributed by atoms with E-state index in [0.717, 1.165) is 6.42 Å². The summed E-state index contributed by atoms with van der Waals surface area (Å²) in [4.78, 5) is 41.6. The second-order valence-electron chi connectivity index (χ2n) is 7.15. The summed E-state index contributed by atoms with van der Waals surface area (Å²) in [5.41, 5.74) is -0.225. The number of aromatic nitrogens is 2. The molecule has 2 N–H and O–H groups in total. The van der Waals surface area contributed by atoms with Crippen molar-refractivity contribution in [3.8, 4) is 16.9 Å². The molecule has 0 radical (unpaired) electrons. The van der Waals surface area contributed by atoms with Crippen LogP contribution in [0.3, 0.4) is 0 Å². The molecule has 1 aromatic carbocycles. The molecule has 146 valence electrons. The van der Waals surface area contributed by atoms with Crippen molar-refractivity contribution in [3.05, 3.63) is 61.1 Å². The van der Waals surface area contributed by atoms with Gasteiger partial charge in [-0.2, -0.15) is 0 Å². The number of hydrogen-bond donors (Lipinski definition) is 2. The molecule has 28 heavy (non-hydrogen) atoms. The summed E-state index contributed by atoms with van der Waals surface area (Å²) in [5, 5.41) is 0.238. The summed E-state index contributed by atoms with van der Waals surface area (Å²) in [7, 11) is 0. The van der Waals surface area contributed by atoms with Gasteiger partial charge in [-0.25, -0.2) is 9.59 Å². The summed E-state index contributed by atoms with van der Waals surface area (Å²) in [5.74, 6) is 1.31. The van der Waals surface area contributed by atoms with E-state index in [1.807, 2.05) is 6.92 Å². The third-order valence-electron chi connectivity index (χ3n) is 5.39. The van der Waals surface area contributed by atoms with Crippen molar-refractivity contribution in [1.29, 1.82) is 0 Å². The first-order valence-electron chi connectivity index (χ1n) is 9.62. The molecule has 2 heterocycles. The summed E-state index contributed by atoms with van der Waals surface area (Å²) in [6, 6.07) is 7.15. The maximum atomic E-state index is 12.8. The van der Waals surface area contributed by atoms with Crippen molar-refractivity contribution < 1.29 is 9.15 Å². The van der Waals surface area contributed by atoms with Gasteiger partial charge in [-0.15, -0.1) is 0 Å². The number of rotatable bonds is 6. The third-order valence-corrected chi connectivity index (χ3v) is 5.39. The van der Waals surface area contributed by atoms with Crippen LogP contribution in [0.25, 0.3) is 22.2 Å². The monoisotopic (exact) mass is 382 g/mol. The van der Waals surface area contributed by atoms with Gasteiger partial charge in [-0.3, -0.25) is 14.8 Å². The zero-order chi connectivity index (χ0) is 19.7. The van der Waals surface area contributed by atoms with Crippen LogP contribution in [-0.4, -0.2) is 16.6 Å². The molecule has 0 spiro atoms. The molecule has 7 heteroatoms. The smallest absolute Gasteiger partial charge is 0.345 e. The summed E-state index contributed by atoms with van der Waals surface area (Å²) in [6.45, 7) is 2.45. The number of nitrogens with one attached hydrogen (secondary N) is 2. The molecule has 7 nitrogen and oxygen atoms in total. The number of benzene rings is 1. The third kappa shape index (κ3) is 3.40. The lowest BCUT2D eigenvalue weighted by Crippen LogP contribution is -2.25. The van der Waals surface area contributed by atoms with Crippen molar-refractivity contribution in [1.82, 2.24) is 9.97 Å². The first-order valence-corrected chi connectivity index (χ1v) is 9.62. The largest absolute Gasteiger partial charge is 0.494 e. The van der Waals surface area contributed by atoms with Crippen LogP contribution in [-0.2, 0) is 6.42 Å². The van der Waals surface area contributed by atoms with Crippen LogP contribution in [0.2, 0.25) is 0 Å². The highest BCUT2D eigenvalue weighted by Crippen LogP contribution is 2.33. The molecular formula is C21H22N2O5. The van der Waals surface area contributed by atoms with Crippen LogP contribution < -0.4 is 21.6 Å². The van der Waals surface area contributed by atoms with Crippen LogP contribution in [0.15, 0.2) is 43.1 Å². The average Bonchev–Trinajstić information content (AvgIpc) is 2.61. The van der Waals surface area contributed by atoms with Crippen molar-refractivity contribution >= 4 is 11.1 Å². The van der Waals surface area contributed by atoms with E-state index in [-0.39, 0.29) is 11.1 Å². The molecule has 3 aromatic rings. The van der Waals surface area contributed by atoms with Crippen molar-refractivity contribution in [2.45, 2.75) is 39.0 Å². The Morgan fingerprint density at radius 2 is 1.86 bits per heavy atom. The number of hydrogen-bond acceptors (Lipinski definition) is 5. The minimum absolute atomic E-state index is 0.0722. The average molecular weight is 382 g/mol. The first kappa shape index (κ1) is 18.3. The van der Waals surface area contributed by atoms with E-state index in [1.165, 1.54) is 19.3 Å². The molecule has 2 aromatic heterocycles. The quantitative estimate of drug-likeness (QED) is 0.682. The van der Waals surface area contributed by atoms with E-state index in [9.17, 15) is 14.4 Å². The highest BCUT2D eigenvalue weighted by atomic mass is 16.5. The molecule has 0 unspecified atom stereocenters. The number of H-pyrrole nitrogens is 2. The Bertz CT molecular complexity index is 1170. The van der Waals surface area contributed by atoms with Gasteiger partial charge in [0.05, 0.1) is 12.2 Å². The van der Waals surface area contributed by atoms with Crippen LogP contribution in [0.1, 0.15) is 38.2 Å². The van der Waals surface area contributed by atoms with Crippen molar-refractivity contribution in [3.63, 3.8) is 0 Å². The van der Waals surface area contributed by atoms with E-state index in [4.69, 9.17) is 9.15 Å². The molecule has 1 aliphatic carbocycles. The van der Waals surface area contributed by atoms with E-state index in [0.29, 0.717) is 41.4 Å². The molecule has 1 aliphatic rings. The number of aryl methyl sites for hydroxylation is 1. The molecular weight excluding hydrogens is 360 g/mol. The molecule has 0 atom stereocenters. The lowest BCUT2D eigenvalue weighted by Gasteiger charge is -2.25. The standard InChI is InChI=1S/C21H22N2O5/c1-2-27-14-9-7-13(8-10-14)16-15(11-6-12-4-3-5-12)17-18(24)22-21(26)23-19(17)28-20(16)25/h7-10,12H,2-6,11H2,1H3,(H2,22,23,24,26). The minimum Gasteiger partial charge on any atom is -0.494 e. The van der Waals surface area contributed by atoms with E-state index in [1.54, 1.807) is 24.3 Å². The maximum Gasteiger partial charge on any atom is 0.345 e. The Morgan fingerprint density at radius 3 is 2.50 bits per heavy atom. The van der Waals surface area contributed by atoms with Gasteiger partial charge in [-0.1, -0.05) is 31.4 Å². The van der Waals surface area contributed by atoms with Crippen molar-refractivity contribution in [2.75, 3.05) is 6.61 Å². The van der Waals surface area contributed by atoms with Gasteiger partial charge in [0.15, 0.2) is 0 Å². The van der Waals surface area contributed by atoms with Crippen LogP contribution in [0, 0.1) is 5.92 Å². The predicted octanol–water partition coefficient (Wildman–Crippen LogP) is 2.97. The lowest BCUT2D eigenvalue weighted by atomic mass is 9.80.